The Labute approximate surface area is 110 Å². The van der Waals surface area contributed by atoms with E-state index in [4.69, 9.17) is 0 Å². The molecule has 0 rings (SSSR count). The van der Waals surface area contributed by atoms with Crippen LogP contribution in [0.25, 0.3) is 0 Å². The van der Waals surface area contributed by atoms with Gasteiger partial charge in [-0.3, -0.25) is 0 Å². The highest BCUT2D eigenvalue weighted by molar-refractivity contribution is 5.13. The Morgan fingerprint density at radius 3 is 1.14 bits per heavy atom. The van der Waals surface area contributed by atoms with E-state index in [1.165, 1.54) is 0 Å². The fourth-order valence-electron chi connectivity index (χ4n) is 1.43. The summed E-state index contributed by atoms with van der Waals surface area (Å²) in [6, 6.07) is 0. The Hall–Kier alpha value is -0.840. The van der Waals surface area contributed by atoms with Gasteiger partial charge in [-0.1, -0.05) is 0 Å². The molecule has 1 unspecified atom stereocenters. The maximum Gasteiger partial charge on any atom is 0.434 e. The van der Waals surface area contributed by atoms with Gasteiger partial charge in [-0.05, 0) is 6.92 Å². The van der Waals surface area contributed by atoms with Crippen LogP contribution in [-0.4, -0.2) is 35.5 Å². The molecule has 0 aliphatic rings. The van der Waals surface area contributed by atoms with Crippen molar-refractivity contribution in [1.29, 1.82) is 0 Å². The first-order chi connectivity index (χ1) is 8.71. The second kappa shape index (κ2) is 4.83. The van der Waals surface area contributed by atoms with Crippen molar-refractivity contribution < 1.29 is 52.7 Å². The van der Waals surface area contributed by atoms with Gasteiger partial charge in [0.2, 0.25) is 0 Å². The molecule has 0 aromatic rings. The molecule has 0 fully saturated rings. The largest absolute Gasteiger partial charge is 0.434 e. The Kier molecular flexibility index (Phi) is 4.64. The molecule has 0 saturated heterocycles. The topological polar surface area (TPSA) is 0 Å². The average Bonchev–Trinajstić information content (AvgIpc) is 2.07. The van der Waals surface area contributed by atoms with Gasteiger partial charge in [-0.2, -0.15) is 22.0 Å². The molecule has 0 nitrogen and oxygen atoms in total. The molecule has 21 heavy (non-hydrogen) atoms. The van der Waals surface area contributed by atoms with Gasteiger partial charge in [0.1, 0.15) is 0 Å². The van der Waals surface area contributed by atoms with Gasteiger partial charge in [0.05, 0.1) is 6.42 Å². The number of hydrogen-bond acceptors (Lipinski definition) is 0. The van der Waals surface area contributed by atoms with Crippen LogP contribution in [0.1, 0.15) is 20.3 Å². The number of hydrogen-bond donors (Lipinski definition) is 0. The standard InChI is InChI=1S/C9H8F12/c1-4(10,11)3-6(14,15)7(16,9(19,20)21)8(17,18)5(2,12)13/h3H2,1-2H3. The summed E-state index contributed by atoms with van der Waals surface area (Å²) in [5, 5.41) is 0. The summed E-state index contributed by atoms with van der Waals surface area (Å²) in [4.78, 5) is 0. The quantitative estimate of drug-likeness (QED) is 0.599. The van der Waals surface area contributed by atoms with Crippen LogP contribution in [0, 0.1) is 0 Å². The molecular formula is C9H8F12. The van der Waals surface area contributed by atoms with Gasteiger partial charge >= 0.3 is 29.6 Å². The molecule has 0 aromatic heterocycles. The zero-order chi connectivity index (χ0) is 17.7. The molecule has 1 atom stereocenters. The smallest absolute Gasteiger partial charge is 0.220 e. The molecule has 128 valence electrons. The molecule has 12 heteroatoms. The molecule has 0 radical (unpaired) electrons. The summed E-state index contributed by atoms with van der Waals surface area (Å²) in [5.74, 6) is -24.1. The van der Waals surface area contributed by atoms with Crippen molar-refractivity contribution in [2.75, 3.05) is 0 Å². The number of rotatable bonds is 5. The van der Waals surface area contributed by atoms with Crippen molar-refractivity contribution in [3.63, 3.8) is 0 Å². The van der Waals surface area contributed by atoms with E-state index in [1.807, 2.05) is 0 Å². The third-order valence-electron chi connectivity index (χ3n) is 2.41. The van der Waals surface area contributed by atoms with E-state index in [-0.39, 0.29) is 0 Å². The van der Waals surface area contributed by atoms with E-state index in [0.29, 0.717) is 0 Å². The first-order valence-electron chi connectivity index (χ1n) is 4.97. The average molecular weight is 344 g/mol. The zero-order valence-corrected chi connectivity index (χ0v) is 10.2. The third-order valence-corrected chi connectivity index (χ3v) is 2.41. The lowest BCUT2D eigenvalue weighted by atomic mass is 9.83. The normalized spacial score (nSPS) is 18.6. The second-order valence-corrected chi connectivity index (χ2v) is 4.57. The van der Waals surface area contributed by atoms with Crippen molar-refractivity contribution in [2.45, 2.75) is 55.8 Å². The van der Waals surface area contributed by atoms with Crippen molar-refractivity contribution in [3.05, 3.63) is 0 Å². The monoisotopic (exact) mass is 344 g/mol. The van der Waals surface area contributed by atoms with Gasteiger partial charge in [-0.25, -0.2) is 30.7 Å². The summed E-state index contributed by atoms with van der Waals surface area (Å²) in [6.45, 7) is -1.34. The van der Waals surface area contributed by atoms with Crippen LogP contribution in [0.5, 0.6) is 0 Å². The van der Waals surface area contributed by atoms with Gasteiger partial charge in [0.25, 0.3) is 5.92 Å². The first kappa shape index (κ1) is 20.2. The molecular weight excluding hydrogens is 336 g/mol. The SMILES string of the molecule is CC(F)(F)CC(F)(F)C(F)(C(F)(F)F)C(F)(F)C(C)(F)F. The van der Waals surface area contributed by atoms with E-state index in [2.05, 4.69) is 0 Å². The van der Waals surface area contributed by atoms with Crippen LogP contribution in [0.3, 0.4) is 0 Å². The predicted molar refractivity (Wildman–Crippen MR) is 45.6 cm³/mol. The van der Waals surface area contributed by atoms with E-state index in [1.54, 1.807) is 0 Å². The molecule has 0 N–H and O–H groups in total. The minimum Gasteiger partial charge on any atom is -0.220 e. The Morgan fingerprint density at radius 1 is 0.619 bits per heavy atom. The third kappa shape index (κ3) is 3.33. The molecule has 0 aliphatic heterocycles. The maximum atomic E-state index is 13.4. The summed E-state index contributed by atoms with van der Waals surface area (Å²) in [6.07, 6.45) is -10.6. The van der Waals surface area contributed by atoms with Crippen LogP contribution in [0.15, 0.2) is 0 Å². The zero-order valence-electron chi connectivity index (χ0n) is 10.2. The van der Waals surface area contributed by atoms with Gasteiger partial charge < -0.3 is 0 Å². The Morgan fingerprint density at radius 2 is 0.952 bits per heavy atom. The van der Waals surface area contributed by atoms with E-state index in [0.717, 1.165) is 0 Å². The van der Waals surface area contributed by atoms with Crippen LogP contribution in [0.2, 0.25) is 0 Å². The molecule has 0 bridgehead atoms. The summed E-state index contributed by atoms with van der Waals surface area (Å²) < 4.78 is 152. The van der Waals surface area contributed by atoms with E-state index >= 15 is 0 Å². The summed E-state index contributed by atoms with van der Waals surface area (Å²) in [7, 11) is 0. The van der Waals surface area contributed by atoms with Crippen LogP contribution in [0.4, 0.5) is 52.7 Å². The molecule has 0 spiro atoms. The van der Waals surface area contributed by atoms with Crippen molar-refractivity contribution in [1.82, 2.24) is 0 Å². The van der Waals surface area contributed by atoms with Gasteiger partial charge in [0.15, 0.2) is 0 Å². The summed E-state index contributed by atoms with van der Waals surface area (Å²) >= 11 is 0. The van der Waals surface area contributed by atoms with Crippen LogP contribution in [-0.2, 0) is 0 Å². The molecule has 0 amide bonds. The van der Waals surface area contributed by atoms with Crippen molar-refractivity contribution >= 4 is 0 Å². The first-order valence-corrected chi connectivity index (χ1v) is 4.97. The van der Waals surface area contributed by atoms with Crippen molar-refractivity contribution in [3.8, 4) is 0 Å². The molecule has 0 aliphatic carbocycles. The minimum absolute atomic E-state index is 0.403. The van der Waals surface area contributed by atoms with Gasteiger partial charge in [-0.15, -0.1) is 0 Å². The highest BCUT2D eigenvalue weighted by Crippen LogP contribution is 2.60. The van der Waals surface area contributed by atoms with Crippen molar-refractivity contribution in [2.24, 2.45) is 0 Å². The Balaban J connectivity index is 6.27. The molecule has 0 saturated carbocycles. The van der Waals surface area contributed by atoms with Gasteiger partial charge in [0, 0.05) is 6.92 Å². The molecule has 0 heterocycles. The Bertz CT molecular complexity index is 370. The number of halogens is 12. The maximum absolute atomic E-state index is 13.4. The predicted octanol–water partition coefficient (Wildman–Crippen LogP) is 5.23. The number of alkyl halides is 12. The highest BCUT2D eigenvalue weighted by Gasteiger charge is 2.88. The van der Waals surface area contributed by atoms with Crippen LogP contribution < -0.4 is 0 Å². The summed E-state index contributed by atoms with van der Waals surface area (Å²) in [5.41, 5.74) is -7.18. The fourth-order valence-corrected chi connectivity index (χ4v) is 1.43. The lowest BCUT2D eigenvalue weighted by Crippen LogP contribution is -2.71. The van der Waals surface area contributed by atoms with E-state index in [9.17, 15) is 52.7 Å². The lowest BCUT2D eigenvalue weighted by Gasteiger charge is -2.42. The minimum atomic E-state index is -7.23. The molecule has 0 aromatic carbocycles. The van der Waals surface area contributed by atoms with E-state index < -0.39 is 55.8 Å². The highest BCUT2D eigenvalue weighted by atomic mass is 19.4. The second-order valence-electron chi connectivity index (χ2n) is 4.57. The lowest BCUT2D eigenvalue weighted by molar-refractivity contribution is -0.404. The fraction of sp³-hybridized carbons (Fsp3) is 1.00. The van der Waals surface area contributed by atoms with Crippen LogP contribution >= 0.6 is 0 Å².